The van der Waals surface area contributed by atoms with E-state index in [4.69, 9.17) is 9.52 Å². The minimum Gasteiger partial charge on any atom is -0.481 e. The summed E-state index contributed by atoms with van der Waals surface area (Å²) in [6, 6.07) is 0.0886. The van der Waals surface area contributed by atoms with E-state index in [1.807, 2.05) is 0 Å². The van der Waals surface area contributed by atoms with Gasteiger partial charge in [0, 0.05) is 12.0 Å². The Hall–Kier alpha value is -1.85. The van der Waals surface area contributed by atoms with Gasteiger partial charge in [0.05, 0.1) is 5.92 Å². The number of aliphatic carboxylic acids is 1. The molecule has 0 saturated heterocycles. The first kappa shape index (κ1) is 13.8. The van der Waals surface area contributed by atoms with Crippen molar-refractivity contribution in [2.45, 2.75) is 50.5 Å². The molecule has 4 rings (SSSR count). The zero-order valence-corrected chi connectivity index (χ0v) is 12.3. The normalized spacial score (nSPS) is 33.6. The van der Waals surface area contributed by atoms with E-state index in [0.29, 0.717) is 35.8 Å². The topological polar surface area (TPSA) is 92.4 Å². The Kier molecular flexibility index (Phi) is 3.20. The van der Waals surface area contributed by atoms with Crippen LogP contribution in [0.4, 0.5) is 0 Å². The highest BCUT2D eigenvalue weighted by Gasteiger charge is 2.50. The van der Waals surface area contributed by atoms with E-state index in [1.54, 1.807) is 0 Å². The van der Waals surface area contributed by atoms with Crippen molar-refractivity contribution in [3.05, 3.63) is 17.8 Å². The molecule has 3 aliphatic carbocycles. The number of hydrogen-bond acceptors (Lipinski definition) is 4. The molecule has 0 bridgehead atoms. The molecule has 0 aliphatic heterocycles. The van der Waals surface area contributed by atoms with E-state index >= 15 is 0 Å². The van der Waals surface area contributed by atoms with Crippen molar-refractivity contribution in [3.63, 3.8) is 0 Å². The molecule has 6 nitrogen and oxygen atoms in total. The van der Waals surface area contributed by atoms with Crippen molar-refractivity contribution in [1.29, 1.82) is 0 Å². The zero-order valence-electron chi connectivity index (χ0n) is 12.3. The van der Waals surface area contributed by atoms with Gasteiger partial charge in [-0.2, -0.15) is 0 Å². The van der Waals surface area contributed by atoms with Crippen LogP contribution in [0.2, 0.25) is 0 Å². The predicted molar refractivity (Wildman–Crippen MR) is 76.3 cm³/mol. The lowest BCUT2D eigenvalue weighted by Crippen LogP contribution is -2.50. The maximum absolute atomic E-state index is 12.2. The molecule has 0 aromatic carbocycles. The summed E-state index contributed by atoms with van der Waals surface area (Å²) in [4.78, 5) is 27.6. The quantitative estimate of drug-likeness (QED) is 0.889. The third-order valence-electron chi connectivity index (χ3n) is 5.70. The molecule has 1 unspecified atom stereocenters. The molecule has 1 aromatic rings. The first-order valence-electron chi connectivity index (χ1n) is 8.11. The number of rotatable bonds is 4. The van der Waals surface area contributed by atoms with E-state index in [2.05, 4.69) is 10.3 Å². The fourth-order valence-electron chi connectivity index (χ4n) is 4.07. The molecule has 3 saturated carbocycles. The highest BCUT2D eigenvalue weighted by Crippen LogP contribution is 2.49. The van der Waals surface area contributed by atoms with Gasteiger partial charge in [-0.15, -0.1) is 0 Å². The molecule has 118 valence electrons. The maximum atomic E-state index is 12.2. The van der Waals surface area contributed by atoms with Gasteiger partial charge in [-0.3, -0.25) is 9.59 Å². The Morgan fingerprint density at radius 1 is 1.27 bits per heavy atom. The Morgan fingerprint density at radius 2 is 2.09 bits per heavy atom. The molecule has 4 atom stereocenters. The maximum Gasteiger partial charge on any atom is 0.306 e. The molecule has 0 spiro atoms. The van der Waals surface area contributed by atoms with Gasteiger partial charge in [-0.05, 0) is 43.9 Å². The van der Waals surface area contributed by atoms with E-state index in [0.717, 1.165) is 25.7 Å². The van der Waals surface area contributed by atoms with Gasteiger partial charge in [-0.25, -0.2) is 4.98 Å². The number of nitrogens with zero attached hydrogens (tertiary/aromatic N) is 1. The first-order chi connectivity index (χ1) is 10.6. The average Bonchev–Trinajstić information content (AvgIpc) is 2.99. The lowest BCUT2D eigenvalue weighted by molar-refractivity contribution is -0.141. The fourth-order valence-corrected chi connectivity index (χ4v) is 4.07. The molecule has 1 aromatic heterocycles. The minimum atomic E-state index is -0.707. The van der Waals surface area contributed by atoms with Gasteiger partial charge in [0.1, 0.15) is 6.26 Å². The van der Waals surface area contributed by atoms with Crippen LogP contribution in [-0.4, -0.2) is 28.0 Å². The third kappa shape index (κ3) is 2.21. The molecule has 6 heteroatoms. The lowest BCUT2D eigenvalue weighted by atomic mass is 9.71. The second-order valence-electron chi connectivity index (χ2n) is 6.94. The Morgan fingerprint density at radius 3 is 2.77 bits per heavy atom. The van der Waals surface area contributed by atoms with Crippen LogP contribution in [0.5, 0.6) is 0 Å². The lowest BCUT2D eigenvalue weighted by Gasteiger charge is -2.40. The van der Waals surface area contributed by atoms with Crippen LogP contribution >= 0.6 is 0 Å². The molecule has 22 heavy (non-hydrogen) atoms. The predicted octanol–water partition coefficient (Wildman–Crippen LogP) is 2.17. The number of nitrogens with one attached hydrogen (secondary N) is 1. The third-order valence-corrected chi connectivity index (χ3v) is 5.70. The summed E-state index contributed by atoms with van der Waals surface area (Å²) in [7, 11) is 0. The summed E-state index contributed by atoms with van der Waals surface area (Å²) in [6.07, 6.45) is 7.13. The molecular weight excluding hydrogens is 284 g/mol. The summed E-state index contributed by atoms with van der Waals surface area (Å²) < 4.78 is 5.41. The molecule has 3 fully saturated rings. The molecule has 0 radical (unpaired) electrons. The summed E-state index contributed by atoms with van der Waals surface area (Å²) in [5.41, 5.74) is 0.345. The van der Waals surface area contributed by atoms with E-state index in [-0.39, 0.29) is 17.9 Å². The van der Waals surface area contributed by atoms with Crippen molar-refractivity contribution >= 4 is 11.9 Å². The van der Waals surface area contributed by atoms with Gasteiger partial charge < -0.3 is 14.8 Å². The second kappa shape index (κ2) is 5.11. The number of carbonyl (C=O) groups excluding carboxylic acids is 1. The van der Waals surface area contributed by atoms with Crippen molar-refractivity contribution in [2.24, 2.45) is 17.8 Å². The zero-order chi connectivity index (χ0) is 15.3. The highest BCUT2D eigenvalue weighted by molar-refractivity contribution is 5.92. The van der Waals surface area contributed by atoms with Crippen LogP contribution in [0.15, 0.2) is 10.7 Å². The highest BCUT2D eigenvalue weighted by atomic mass is 16.4. The number of oxazole rings is 1. The van der Waals surface area contributed by atoms with Crippen molar-refractivity contribution in [2.75, 3.05) is 0 Å². The van der Waals surface area contributed by atoms with Gasteiger partial charge in [-0.1, -0.05) is 6.42 Å². The van der Waals surface area contributed by atoms with Crippen LogP contribution < -0.4 is 5.32 Å². The molecule has 1 amide bonds. The molecule has 3 aliphatic rings. The average molecular weight is 304 g/mol. The van der Waals surface area contributed by atoms with Crippen LogP contribution in [0.1, 0.15) is 60.8 Å². The number of amides is 1. The van der Waals surface area contributed by atoms with Crippen molar-refractivity contribution in [3.8, 4) is 0 Å². The number of fused-ring (bicyclic) bond motifs is 1. The minimum absolute atomic E-state index is 0.0886. The van der Waals surface area contributed by atoms with Crippen molar-refractivity contribution in [1.82, 2.24) is 10.3 Å². The largest absolute Gasteiger partial charge is 0.481 e. The number of carboxylic acids is 1. The smallest absolute Gasteiger partial charge is 0.306 e. The van der Waals surface area contributed by atoms with E-state index in [9.17, 15) is 9.59 Å². The fraction of sp³-hybridized carbons (Fsp3) is 0.688. The SMILES string of the molecule is O=C(N[C@@H]1C[C@H]2CC(C(=O)O)C[C@H]21)c1coc(C2CCC2)n1. The number of carbonyl (C=O) groups is 2. The number of hydrogen-bond donors (Lipinski definition) is 2. The van der Waals surface area contributed by atoms with Crippen LogP contribution in [0.3, 0.4) is 0 Å². The van der Waals surface area contributed by atoms with Gasteiger partial charge >= 0.3 is 5.97 Å². The van der Waals surface area contributed by atoms with Crippen LogP contribution in [-0.2, 0) is 4.79 Å². The monoisotopic (exact) mass is 304 g/mol. The Labute approximate surface area is 128 Å². The molecule has 1 heterocycles. The van der Waals surface area contributed by atoms with E-state index < -0.39 is 5.97 Å². The first-order valence-corrected chi connectivity index (χ1v) is 8.11. The van der Waals surface area contributed by atoms with E-state index in [1.165, 1.54) is 12.7 Å². The Balaban J connectivity index is 1.35. The standard InChI is InChI=1S/C16H20N2O4/c19-14(13-7-22-15(18-13)8-2-1-3-8)17-12-6-9-4-10(16(20)21)5-11(9)12/h7-12H,1-6H2,(H,17,19)(H,20,21)/t9-,10?,11-,12-/m1/s1. The Bertz CT molecular complexity index is 607. The second-order valence-corrected chi connectivity index (χ2v) is 6.94. The summed E-state index contributed by atoms with van der Waals surface area (Å²) >= 11 is 0. The molecule has 2 N–H and O–H groups in total. The summed E-state index contributed by atoms with van der Waals surface area (Å²) in [5.74, 6) is 0.666. The summed E-state index contributed by atoms with van der Waals surface area (Å²) in [5, 5.41) is 12.1. The van der Waals surface area contributed by atoms with Gasteiger partial charge in [0.25, 0.3) is 5.91 Å². The number of aromatic nitrogens is 1. The van der Waals surface area contributed by atoms with Gasteiger partial charge in [0.2, 0.25) is 0 Å². The van der Waals surface area contributed by atoms with Gasteiger partial charge in [0.15, 0.2) is 11.6 Å². The summed E-state index contributed by atoms with van der Waals surface area (Å²) in [6.45, 7) is 0. The van der Waals surface area contributed by atoms with Crippen molar-refractivity contribution < 1.29 is 19.1 Å². The van der Waals surface area contributed by atoms with Crippen LogP contribution in [0, 0.1) is 17.8 Å². The number of carboxylic acid groups (broad SMARTS) is 1. The van der Waals surface area contributed by atoms with Crippen LogP contribution in [0.25, 0.3) is 0 Å². The molecular formula is C16H20N2O4.